The molecule has 0 unspecified atom stereocenters. The first-order valence-corrected chi connectivity index (χ1v) is 8.52. The Morgan fingerprint density at radius 3 is 2.70 bits per heavy atom. The Balaban J connectivity index is 1.38. The lowest BCUT2D eigenvalue weighted by Gasteiger charge is -2.38. The monoisotopic (exact) mass is 377 g/mol. The fourth-order valence-electron chi connectivity index (χ4n) is 2.87. The summed E-state index contributed by atoms with van der Waals surface area (Å²) < 4.78 is 7.37. The highest BCUT2D eigenvalue weighted by Gasteiger charge is 2.33. The van der Waals surface area contributed by atoms with Gasteiger partial charge in [-0.25, -0.2) is 4.68 Å². The Hall–Kier alpha value is -1.89. The third-order valence-electron chi connectivity index (χ3n) is 4.34. The summed E-state index contributed by atoms with van der Waals surface area (Å²) in [6.45, 7) is 1.81. The first-order chi connectivity index (χ1) is 11.1. The molecule has 6 nitrogen and oxygen atoms in total. The Morgan fingerprint density at radius 1 is 1.26 bits per heavy atom. The summed E-state index contributed by atoms with van der Waals surface area (Å²) in [6.07, 6.45) is 2.32. The third-order valence-corrected chi connectivity index (χ3v) is 4.77. The molecule has 120 valence electrons. The number of halogens is 1. The number of carbonyl (C=O) groups excluding carboxylic acids is 1. The number of likely N-dealkylation sites (tertiary alicyclic amines) is 1. The number of aromatic nitrogens is 2. The van der Waals surface area contributed by atoms with E-state index in [1.165, 1.54) is 0 Å². The maximum Gasteiger partial charge on any atom is 0.289 e. The van der Waals surface area contributed by atoms with Crippen LogP contribution in [-0.4, -0.2) is 33.7 Å². The van der Waals surface area contributed by atoms with Crippen molar-refractivity contribution in [2.75, 3.05) is 13.1 Å². The van der Waals surface area contributed by atoms with Gasteiger partial charge in [0.2, 0.25) is 0 Å². The van der Waals surface area contributed by atoms with E-state index >= 15 is 0 Å². The summed E-state index contributed by atoms with van der Waals surface area (Å²) in [7, 11) is 0. The molecule has 0 bridgehead atoms. The van der Waals surface area contributed by atoms with Crippen LogP contribution in [0, 0.1) is 5.92 Å². The van der Waals surface area contributed by atoms with Crippen LogP contribution in [0.15, 0.2) is 38.1 Å². The molecule has 2 aliphatic rings. The van der Waals surface area contributed by atoms with Crippen LogP contribution in [-0.2, 0) is 6.54 Å². The molecule has 0 N–H and O–H groups in total. The standard InChI is InChI=1S/C16H16BrN3O3/c17-14-5-4-13(23-14)16(22)19-7-10(8-19)9-20-15(21)6-3-12(18-20)11-1-2-11/h3-6,10-11H,1-2,7-9H2. The molecule has 0 spiro atoms. The summed E-state index contributed by atoms with van der Waals surface area (Å²) in [6, 6.07) is 6.80. The SMILES string of the molecule is O=C(c1ccc(Br)o1)N1CC(Cn2nc(C3CC3)ccc2=O)C1. The fourth-order valence-corrected chi connectivity index (χ4v) is 3.18. The minimum Gasteiger partial charge on any atom is -0.444 e. The molecule has 23 heavy (non-hydrogen) atoms. The molecule has 0 radical (unpaired) electrons. The predicted molar refractivity (Wildman–Crippen MR) is 86.3 cm³/mol. The Kier molecular flexibility index (Phi) is 3.60. The second-order valence-corrected chi connectivity index (χ2v) is 7.01. The maximum atomic E-state index is 12.2. The normalized spacial score (nSPS) is 18.0. The number of rotatable bonds is 4. The highest BCUT2D eigenvalue weighted by atomic mass is 79.9. The van der Waals surface area contributed by atoms with Crippen molar-refractivity contribution in [1.29, 1.82) is 0 Å². The number of amides is 1. The van der Waals surface area contributed by atoms with Crippen LogP contribution in [0.4, 0.5) is 0 Å². The maximum absolute atomic E-state index is 12.2. The van der Waals surface area contributed by atoms with Gasteiger partial charge in [-0.05, 0) is 47.0 Å². The fraction of sp³-hybridized carbons (Fsp3) is 0.438. The zero-order chi connectivity index (χ0) is 16.0. The molecule has 0 atom stereocenters. The van der Waals surface area contributed by atoms with Crippen LogP contribution in [0.3, 0.4) is 0 Å². The topological polar surface area (TPSA) is 68.3 Å². The van der Waals surface area contributed by atoms with Crippen molar-refractivity contribution >= 4 is 21.8 Å². The van der Waals surface area contributed by atoms with Gasteiger partial charge in [0.15, 0.2) is 10.4 Å². The van der Waals surface area contributed by atoms with Crippen LogP contribution >= 0.6 is 15.9 Å². The molecular formula is C16H16BrN3O3. The van der Waals surface area contributed by atoms with Crippen LogP contribution < -0.4 is 5.56 Å². The minimum atomic E-state index is -0.112. The minimum absolute atomic E-state index is 0.0749. The van der Waals surface area contributed by atoms with Gasteiger partial charge in [-0.3, -0.25) is 9.59 Å². The van der Waals surface area contributed by atoms with Gasteiger partial charge in [0.1, 0.15) is 0 Å². The first kappa shape index (κ1) is 14.7. The second kappa shape index (κ2) is 5.63. The second-order valence-electron chi connectivity index (χ2n) is 6.23. The molecule has 1 aliphatic carbocycles. The Bertz CT molecular complexity index is 803. The average molecular weight is 378 g/mol. The molecular weight excluding hydrogens is 362 g/mol. The van der Waals surface area contributed by atoms with Gasteiger partial charge in [-0.1, -0.05) is 0 Å². The van der Waals surface area contributed by atoms with Crippen molar-refractivity contribution in [3.8, 4) is 0 Å². The van der Waals surface area contributed by atoms with Crippen molar-refractivity contribution in [1.82, 2.24) is 14.7 Å². The van der Waals surface area contributed by atoms with Gasteiger partial charge in [-0.15, -0.1) is 0 Å². The average Bonchev–Trinajstić information content (AvgIpc) is 3.25. The van der Waals surface area contributed by atoms with E-state index in [-0.39, 0.29) is 17.4 Å². The van der Waals surface area contributed by atoms with Gasteiger partial charge < -0.3 is 9.32 Å². The van der Waals surface area contributed by atoms with Gasteiger partial charge >= 0.3 is 0 Å². The van der Waals surface area contributed by atoms with Gasteiger partial charge in [0.25, 0.3) is 11.5 Å². The van der Waals surface area contributed by atoms with Crippen LogP contribution in [0.5, 0.6) is 0 Å². The Morgan fingerprint density at radius 2 is 2.04 bits per heavy atom. The molecule has 2 aromatic rings. The van der Waals surface area contributed by atoms with Crippen molar-refractivity contribution < 1.29 is 9.21 Å². The van der Waals surface area contributed by atoms with Gasteiger partial charge in [-0.2, -0.15) is 5.10 Å². The molecule has 2 fully saturated rings. The Labute approximate surface area is 141 Å². The van der Waals surface area contributed by atoms with Crippen LogP contribution in [0.1, 0.15) is 35.0 Å². The lowest BCUT2D eigenvalue weighted by Crippen LogP contribution is -2.52. The summed E-state index contributed by atoms with van der Waals surface area (Å²) in [5.41, 5.74) is 0.937. The molecule has 1 aliphatic heterocycles. The lowest BCUT2D eigenvalue weighted by atomic mass is 10.00. The molecule has 3 heterocycles. The van der Waals surface area contributed by atoms with Crippen LogP contribution in [0.25, 0.3) is 0 Å². The molecule has 0 aromatic carbocycles. The lowest BCUT2D eigenvalue weighted by molar-refractivity contribution is 0.0425. The highest BCUT2D eigenvalue weighted by molar-refractivity contribution is 9.10. The van der Waals surface area contributed by atoms with Gasteiger partial charge in [0, 0.05) is 31.0 Å². The quantitative estimate of drug-likeness (QED) is 0.819. The molecule has 4 rings (SSSR count). The third kappa shape index (κ3) is 2.97. The van der Waals surface area contributed by atoms with Crippen molar-refractivity contribution in [2.45, 2.75) is 25.3 Å². The molecule has 1 saturated heterocycles. The van der Waals surface area contributed by atoms with E-state index in [0.717, 1.165) is 18.5 Å². The molecule has 7 heteroatoms. The van der Waals surface area contributed by atoms with E-state index in [0.29, 0.717) is 36.0 Å². The number of furan rings is 1. The van der Waals surface area contributed by atoms with E-state index < -0.39 is 0 Å². The van der Waals surface area contributed by atoms with E-state index in [4.69, 9.17) is 4.42 Å². The summed E-state index contributed by atoms with van der Waals surface area (Å²) in [5.74, 6) is 1.01. The number of hydrogen-bond acceptors (Lipinski definition) is 4. The van der Waals surface area contributed by atoms with Crippen molar-refractivity contribution in [3.05, 3.63) is 50.7 Å². The smallest absolute Gasteiger partial charge is 0.289 e. The summed E-state index contributed by atoms with van der Waals surface area (Å²) in [4.78, 5) is 25.8. The zero-order valence-corrected chi connectivity index (χ0v) is 14.0. The van der Waals surface area contributed by atoms with Crippen molar-refractivity contribution in [2.24, 2.45) is 5.92 Å². The summed E-state index contributed by atoms with van der Waals surface area (Å²) in [5, 5.41) is 4.46. The number of nitrogens with zero attached hydrogens (tertiary/aromatic N) is 3. The number of carbonyl (C=O) groups is 1. The predicted octanol–water partition coefficient (Wildman–Crippen LogP) is 2.25. The summed E-state index contributed by atoms with van der Waals surface area (Å²) >= 11 is 3.19. The highest BCUT2D eigenvalue weighted by Crippen LogP contribution is 2.38. The molecule has 1 saturated carbocycles. The van der Waals surface area contributed by atoms with E-state index in [9.17, 15) is 9.59 Å². The van der Waals surface area contributed by atoms with E-state index in [1.807, 2.05) is 6.07 Å². The molecule has 2 aromatic heterocycles. The molecule has 1 amide bonds. The first-order valence-electron chi connectivity index (χ1n) is 7.73. The number of hydrogen-bond donors (Lipinski definition) is 0. The zero-order valence-electron chi connectivity index (χ0n) is 12.4. The van der Waals surface area contributed by atoms with Crippen LogP contribution in [0.2, 0.25) is 0 Å². The van der Waals surface area contributed by atoms with E-state index in [2.05, 4.69) is 21.0 Å². The largest absolute Gasteiger partial charge is 0.444 e. The van der Waals surface area contributed by atoms with Crippen molar-refractivity contribution in [3.63, 3.8) is 0 Å². The van der Waals surface area contributed by atoms with E-state index in [1.54, 1.807) is 27.8 Å². The van der Waals surface area contributed by atoms with Gasteiger partial charge in [0.05, 0.1) is 12.2 Å².